The molecule has 0 bridgehead atoms. The van der Waals surface area contributed by atoms with Crippen LogP contribution in [0.25, 0.3) is 0 Å². The van der Waals surface area contributed by atoms with E-state index in [1.54, 1.807) is 13.8 Å². The maximum Gasteiger partial charge on any atom is 0.326 e. The molecule has 0 aliphatic rings. The Morgan fingerprint density at radius 1 is 1.00 bits per heavy atom. The monoisotopic (exact) mass is 415 g/mol. The number of rotatable bonds is 14. The Balaban J connectivity index is 4.88. The molecule has 0 aliphatic heterocycles. The fourth-order valence-electron chi connectivity index (χ4n) is 2.57. The molecule has 0 aliphatic carbocycles. The molecule has 0 rings (SSSR count). The molecule has 0 aromatic rings. The number of hydrogen-bond donors (Lipinski definition) is 6. The van der Waals surface area contributed by atoms with Crippen molar-refractivity contribution in [1.82, 2.24) is 16.0 Å². The highest BCUT2D eigenvalue weighted by atomic mass is 16.4. The average molecular weight is 416 g/mol. The highest BCUT2D eigenvalue weighted by Crippen LogP contribution is 2.07. The van der Waals surface area contributed by atoms with Crippen LogP contribution in [0.2, 0.25) is 0 Å². The van der Waals surface area contributed by atoms with E-state index in [-0.39, 0.29) is 11.8 Å². The summed E-state index contributed by atoms with van der Waals surface area (Å²) in [6.07, 6.45) is 2.38. The summed E-state index contributed by atoms with van der Waals surface area (Å²) in [5.41, 5.74) is 11.4. The number of carboxylic acids is 1. The molecule has 8 N–H and O–H groups in total. The lowest BCUT2D eigenvalue weighted by molar-refractivity contribution is -0.143. The summed E-state index contributed by atoms with van der Waals surface area (Å²) in [6, 6.07) is -2.64. The second kappa shape index (κ2) is 13.9. The van der Waals surface area contributed by atoms with Crippen molar-refractivity contribution in [2.45, 2.75) is 71.5 Å². The minimum atomic E-state index is -1.15. The molecular formula is C19H37N5O5. The van der Waals surface area contributed by atoms with Crippen LogP contribution in [0.3, 0.4) is 0 Å². The van der Waals surface area contributed by atoms with Gasteiger partial charge in [0.2, 0.25) is 17.7 Å². The Hall–Kier alpha value is -2.20. The third-order valence-corrected chi connectivity index (χ3v) is 4.81. The maximum atomic E-state index is 12.5. The predicted molar refractivity (Wildman–Crippen MR) is 110 cm³/mol. The number of hydrogen-bond acceptors (Lipinski definition) is 6. The SMILES string of the molecule is CCC(C)C(N)C(=O)NC(CCCCN)C(=O)NCC(=O)NC(C(=O)O)C(C)C. The zero-order valence-corrected chi connectivity index (χ0v) is 17.9. The number of aliphatic carboxylic acids is 1. The standard InChI is InChI=1S/C19H37N5O5/c1-5-12(4)15(21)18(27)23-13(8-6-7-9-20)17(26)22-10-14(25)24-16(11(2)3)19(28)29/h11-13,15-16H,5-10,20-21H2,1-4H3,(H,22,26)(H,23,27)(H,24,25)(H,28,29). The minimum absolute atomic E-state index is 0.0440. The van der Waals surface area contributed by atoms with Crippen LogP contribution in [0.1, 0.15) is 53.4 Å². The fourth-order valence-corrected chi connectivity index (χ4v) is 2.57. The van der Waals surface area contributed by atoms with Crippen molar-refractivity contribution < 1.29 is 24.3 Å². The summed E-state index contributed by atoms with van der Waals surface area (Å²) in [5, 5.41) is 16.6. The van der Waals surface area contributed by atoms with Gasteiger partial charge in [0.1, 0.15) is 12.1 Å². The van der Waals surface area contributed by atoms with Gasteiger partial charge in [0.05, 0.1) is 12.6 Å². The Labute approximate surface area is 172 Å². The maximum absolute atomic E-state index is 12.5. The van der Waals surface area contributed by atoms with Crippen molar-refractivity contribution >= 4 is 23.7 Å². The summed E-state index contributed by atoms with van der Waals surface area (Å²) in [7, 11) is 0. The molecule has 4 unspecified atom stereocenters. The van der Waals surface area contributed by atoms with Gasteiger partial charge in [-0.05, 0) is 37.6 Å². The van der Waals surface area contributed by atoms with Crippen molar-refractivity contribution in [2.75, 3.05) is 13.1 Å². The lowest BCUT2D eigenvalue weighted by Crippen LogP contribution is -2.54. The van der Waals surface area contributed by atoms with Crippen LogP contribution < -0.4 is 27.4 Å². The van der Waals surface area contributed by atoms with E-state index in [1.165, 1.54) is 0 Å². The molecule has 0 heterocycles. The van der Waals surface area contributed by atoms with E-state index in [0.717, 1.165) is 6.42 Å². The number of carbonyl (C=O) groups excluding carboxylic acids is 3. The van der Waals surface area contributed by atoms with E-state index in [4.69, 9.17) is 16.6 Å². The van der Waals surface area contributed by atoms with Crippen LogP contribution in [0.15, 0.2) is 0 Å². The lowest BCUT2D eigenvalue weighted by atomic mass is 9.98. The molecule has 10 heteroatoms. The van der Waals surface area contributed by atoms with Crippen LogP contribution in [-0.4, -0.2) is 60.0 Å². The molecule has 0 saturated carbocycles. The first-order chi connectivity index (χ1) is 13.5. The molecule has 168 valence electrons. The molecular weight excluding hydrogens is 378 g/mol. The Bertz CT molecular complexity index is 555. The van der Waals surface area contributed by atoms with Gasteiger partial charge in [-0.3, -0.25) is 14.4 Å². The zero-order chi connectivity index (χ0) is 22.6. The first kappa shape index (κ1) is 26.8. The van der Waals surface area contributed by atoms with E-state index >= 15 is 0 Å². The number of carbonyl (C=O) groups is 4. The first-order valence-corrected chi connectivity index (χ1v) is 10.1. The van der Waals surface area contributed by atoms with E-state index in [9.17, 15) is 19.2 Å². The topological polar surface area (TPSA) is 177 Å². The number of nitrogens with two attached hydrogens (primary N) is 2. The summed E-state index contributed by atoms with van der Waals surface area (Å²) >= 11 is 0. The molecule has 3 amide bonds. The smallest absolute Gasteiger partial charge is 0.326 e. The van der Waals surface area contributed by atoms with Gasteiger partial charge in [-0.25, -0.2) is 4.79 Å². The molecule has 0 spiro atoms. The van der Waals surface area contributed by atoms with Crippen molar-refractivity contribution in [3.63, 3.8) is 0 Å². The highest BCUT2D eigenvalue weighted by molar-refractivity contribution is 5.92. The summed E-state index contributed by atoms with van der Waals surface area (Å²) in [5.74, 6) is -3.08. The molecule has 0 fully saturated rings. The van der Waals surface area contributed by atoms with Gasteiger partial charge in [0, 0.05) is 0 Å². The van der Waals surface area contributed by atoms with Gasteiger partial charge in [0.25, 0.3) is 0 Å². The Kier molecular flexibility index (Phi) is 12.8. The number of amides is 3. The average Bonchev–Trinajstić information content (AvgIpc) is 2.67. The van der Waals surface area contributed by atoms with Crippen LogP contribution in [-0.2, 0) is 19.2 Å². The molecule has 0 saturated heterocycles. The Morgan fingerprint density at radius 2 is 1.62 bits per heavy atom. The van der Waals surface area contributed by atoms with Crippen LogP contribution in [0.5, 0.6) is 0 Å². The molecule has 4 atom stereocenters. The van der Waals surface area contributed by atoms with Crippen LogP contribution in [0, 0.1) is 11.8 Å². The van der Waals surface area contributed by atoms with Gasteiger partial charge in [-0.2, -0.15) is 0 Å². The van der Waals surface area contributed by atoms with Gasteiger partial charge < -0.3 is 32.5 Å². The molecule has 0 radical (unpaired) electrons. The summed E-state index contributed by atoms with van der Waals surface area (Å²) < 4.78 is 0. The molecule has 29 heavy (non-hydrogen) atoms. The highest BCUT2D eigenvalue weighted by Gasteiger charge is 2.27. The van der Waals surface area contributed by atoms with Crippen LogP contribution >= 0.6 is 0 Å². The van der Waals surface area contributed by atoms with Crippen molar-refractivity contribution in [3.05, 3.63) is 0 Å². The third kappa shape index (κ3) is 10.2. The molecule has 0 aromatic heterocycles. The van der Waals surface area contributed by atoms with Crippen molar-refractivity contribution in [2.24, 2.45) is 23.3 Å². The fraction of sp³-hybridized carbons (Fsp3) is 0.789. The third-order valence-electron chi connectivity index (χ3n) is 4.81. The second-order valence-corrected chi connectivity index (χ2v) is 7.60. The number of unbranched alkanes of at least 4 members (excludes halogenated alkanes) is 1. The van der Waals surface area contributed by atoms with E-state index in [0.29, 0.717) is 25.8 Å². The van der Waals surface area contributed by atoms with Gasteiger partial charge in [-0.15, -0.1) is 0 Å². The zero-order valence-electron chi connectivity index (χ0n) is 17.9. The number of nitrogens with one attached hydrogen (secondary N) is 3. The van der Waals surface area contributed by atoms with Crippen LogP contribution in [0.4, 0.5) is 0 Å². The van der Waals surface area contributed by atoms with E-state index in [1.807, 2.05) is 13.8 Å². The van der Waals surface area contributed by atoms with Gasteiger partial charge in [0.15, 0.2) is 0 Å². The van der Waals surface area contributed by atoms with Crippen molar-refractivity contribution in [3.8, 4) is 0 Å². The normalized spacial score (nSPS) is 15.1. The number of carboxylic acid groups (broad SMARTS) is 1. The van der Waals surface area contributed by atoms with E-state index in [2.05, 4.69) is 16.0 Å². The summed E-state index contributed by atoms with van der Waals surface area (Å²) in [6.45, 7) is 7.18. The van der Waals surface area contributed by atoms with E-state index < -0.39 is 48.4 Å². The predicted octanol–water partition coefficient (Wildman–Crippen LogP) is -0.685. The first-order valence-electron chi connectivity index (χ1n) is 10.1. The summed E-state index contributed by atoms with van der Waals surface area (Å²) in [4.78, 5) is 48.0. The molecule has 0 aromatic carbocycles. The van der Waals surface area contributed by atoms with Crippen molar-refractivity contribution in [1.29, 1.82) is 0 Å². The molecule has 10 nitrogen and oxygen atoms in total. The second-order valence-electron chi connectivity index (χ2n) is 7.60. The van der Waals surface area contributed by atoms with Gasteiger partial charge >= 0.3 is 5.97 Å². The van der Waals surface area contributed by atoms with Gasteiger partial charge in [-0.1, -0.05) is 34.1 Å². The largest absolute Gasteiger partial charge is 0.480 e. The quantitative estimate of drug-likeness (QED) is 0.203. The lowest BCUT2D eigenvalue weighted by Gasteiger charge is -2.23. The Morgan fingerprint density at radius 3 is 2.10 bits per heavy atom. The minimum Gasteiger partial charge on any atom is -0.480 e.